The van der Waals surface area contributed by atoms with Gasteiger partial charge >= 0.3 is 0 Å². The van der Waals surface area contributed by atoms with Gasteiger partial charge in [-0.2, -0.15) is 0 Å². The third kappa shape index (κ3) is 4.21. The third-order valence-electron chi connectivity index (χ3n) is 4.11. The van der Waals surface area contributed by atoms with E-state index in [1.807, 2.05) is 12.1 Å². The molecule has 0 saturated heterocycles. The van der Waals surface area contributed by atoms with Gasteiger partial charge in [0.05, 0.1) is 16.6 Å². The fraction of sp³-hybridized carbons (Fsp3) is 0.150. The van der Waals surface area contributed by atoms with Gasteiger partial charge in [0, 0.05) is 16.5 Å². The Morgan fingerprint density at radius 3 is 2.79 bits per heavy atom. The van der Waals surface area contributed by atoms with Gasteiger partial charge in [0.25, 0.3) is 5.91 Å². The SMILES string of the molecule is O=C(NCc1ccc2c(c1)OCO2)c1ccc(C[S@](=O)c2cccc(Cl)c2)o1. The van der Waals surface area contributed by atoms with E-state index in [9.17, 15) is 9.00 Å². The van der Waals surface area contributed by atoms with Crippen LogP contribution in [-0.2, 0) is 23.1 Å². The summed E-state index contributed by atoms with van der Waals surface area (Å²) in [4.78, 5) is 12.9. The smallest absolute Gasteiger partial charge is 0.287 e. The Kier molecular flexibility index (Phi) is 5.36. The molecule has 3 aromatic rings. The van der Waals surface area contributed by atoms with E-state index in [1.165, 1.54) is 0 Å². The second kappa shape index (κ2) is 8.08. The van der Waals surface area contributed by atoms with Gasteiger partial charge in [-0.1, -0.05) is 23.7 Å². The lowest BCUT2D eigenvalue weighted by atomic mass is 10.2. The van der Waals surface area contributed by atoms with Gasteiger partial charge < -0.3 is 19.2 Å². The molecule has 1 aliphatic heterocycles. The monoisotopic (exact) mass is 417 g/mol. The Hall–Kier alpha value is -2.77. The third-order valence-corrected chi connectivity index (χ3v) is 5.67. The summed E-state index contributed by atoms with van der Waals surface area (Å²) in [5.74, 6) is 1.80. The van der Waals surface area contributed by atoms with E-state index in [0.29, 0.717) is 33.7 Å². The molecular weight excluding hydrogens is 402 g/mol. The number of fused-ring (bicyclic) bond motifs is 1. The van der Waals surface area contributed by atoms with Gasteiger partial charge in [0.1, 0.15) is 5.76 Å². The van der Waals surface area contributed by atoms with E-state index in [-0.39, 0.29) is 24.2 Å². The van der Waals surface area contributed by atoms with Crippen molar-refractivity contribution in [3.63, 3.8) is 0 Å². The van der Waals surface area contributed by atoms with Crippen LogP contribution in [0, 0.1) is 0 Å². The number of nitrogens with one attached hydrogen (secondary N) is 1. The molecular formula is C20H16ClNO5S. The summed E-state index contributed by atoms with van der Waals surface area (Å²) in [7, 11) is -1.31. The Bertz CT molecular complexity index is 1050. The lowest BCUT2D eigenvalue weighted by Gasteiger charge is -2.05. The molecule has 0 saturated carbocycles. The maximum Gasteiger partial charge on any atom is 0.287 e. The highest BCUT2D eigenvalue weighted by atomic mass is 35.5. The number of hydrogen-bond donors (Lipinski definition) is 1. The van der Waals surface area contributed by atoms with E-state index in [0.717, 1.165) is 5.56 Å². The van der Waals surface area contributed by atoms with Crippen LogP contribution >= 0.6 is 11.6 Å². The molecule has 0 fully saturated rings. The average molecular weight is 418 g/mol. The Morgan fingerprint density at radius 2 is 1.93 bits per heavy atom. The first-order chi connectivity index (χ1) is 13.6. The van der Waals surface area contributed by atoms with E-state index >= 15 is 0 Å². The average Bonchev–Trinajstić information content (AvgIpc) is 3.35. The Balaban J connectivity index is 1.35. The number of hydrogen-bond acceptors (Lipinski definition) is 5. The molecule has 1 atom stereocenters. The molecule has 0 radical (unpaired) electrons. The summed E-state index contributed by atoms with van der Waals surface area (Å²) >= 11 is 5.93. The number of halogens is 1. The fourth-order valence-corrected chi connectivity index (χ4v) is 4.04. The zero-order chi connectivity index (χ0) is 19.5. The van der Waals surface area contributed by atoms with Gasteiger partial charge in [-0.25, -0.2) is 0 Å². The number of benzene rings is 2. The number of ether oxygens (including phenoxy) is 2. The number of carbonyl (C=O) groups excluding carboxylic acids is 1. The van der Waals surface area contributed by atoms with Crippen LogP contribution in [0.2, 0.25) is 5.02 Å². The first kappa shape index (κ1) is 18.6. The largest absolute Gasteiger partial charge is 0.455 e. The van der Waals surface area contributed by atoms with Crippen molar-refractivity contribution >= 4 is 28.3 Å². The minimum absolute atomic E-state index is 0.162. The van der Waals surface area contributed by atoms with E-state index in [4.69, 9.17) is 25.5 Å². The summed E-state index contributed by atoms with van der Waals surface area (Å²) in [6, 6.07) is 15.6. The van der Waals surface area contributed by atoms with Crippen LogP contribution in [0.15, 0.2) is 63.9 Å². The highest BCUT2D eigenvalue weighted by Crippen LogP contribution is 2.32. The minimum Gasteiger partial charge on any atom is -0.455 e. The molecule has 1 aromatic heterocycles. The lowest BCUT2D eigenvalue weighted by molar-refractivity contribution is 0.0921. The van der Waals surface area contributed by atoms with E-state index in [1.54, 1.807) is 42.5 Å². The molecule has 0 unspecified atom stereocenters. The zero-order valence-corrected chi connectivity index (χ0v) is 16.2. The van der Waals surface area contributed by atoms with Crippen molar-refractivity contribution in [1.82, 2.24) is 5.32 Å². The van der Waals surface area contributed by atoms with Crippen LogP contribution in [0.3, 0.4) is 0 Å². The van der Waals surface area contributed by atoms with Gasteiger partial charge in [0.2, 0.25) is 6.79 Å². The van der Waals surface area contributed by atoms with Crippen LogP contribution in [0.1, 0.15) is 21.9 Å². The molecule has 144 valence electrons. The highest BCUT2D eigenvalue weighted by Gasteiger charge is 2.16. The van der Waals surface area contributed by atoms with Crippen molar-refractivity contribution in [2.24, 2.45) is 0 Å². The molecule has 28 heavy (non-hydrogen) atoms. The molecule has 6 nitrogen and oxygen atoms in total. The van der Waals surface area contributed by atoms with Crippen LogP contribution in [0.4, 0.5) is 0 Å². The van der Waals surface area contributed by atoms with Gasteiger partial charge in [0.15, 0.2) is 17.3 Å². The first-order valence-electron chi connectivity index (χ1n) is 8.48. The lowest BCUT2D eigenvalue weighted by Crippen LogP contribution is -2.22. The number of furan rings is 1. The first-order valence-corrected chi connectivity index (χ1v) is 10.2. The standard InChI is InChI=1S/C20H16ClNO5S/c21-14-2-1-3-16(9-14)28(24)11-15-5-7-18(27-15)20(23)22-10-13-4-6-17-19(8-13)26-12-25-17/h1-9H,10-12H2,(H,22,23)/t28-/m0/s1. The normalized spacial score (nSPS) is 13.3. The highest BCUT2D eigenvalue weighted by molar-refractivity contribution is 7.84. The van der Waals surface area contributed by atoms with Crippen LogP contribution in [0.25, 0.3) is 0 Å². The van der Waals surface area contributed by atoms with Crippen molar-refractivity contribution in [2.75, 3.05) is 6.79 Å². The summed E-state index contributed by atoms with van der Waals surface area (Å²) in [6.45, 7) is 0.525. The molecule has 1 N–H and O–H groups in total. The molecule has 1 aliphatic rings. The van der Waals surface area contributed by atoms with Crippen LogP contribution < -0.4 is 14.8 Å². The Morgan fingerprint density at radius 1 is 1.07 bits per heavy atom. The van der Waals surface area contributed by atoms with E-state index < -0.39 is 10.8 Å². The number of rotatable bonds is 6. The van der Waals surface area contributed by atoms with Gasteiger partial charge in [-0.3, -0.25) is 9.00 Å². The minimum atomic E-state index is -1.31. The van der Waals surface area contributed by atoms with E-state index in [2.05, 4.69) is 5.32 Å². The van der Waals surface area contributed by atoms with Gasteiger partial charge in [-0.15, -0.1) is 0 Å². The molecule has 1 amide bonds. The number of amides is 1. The quantitative estimate of drug-likeness (QED) is 0.658. The summed E-state index contributed by atoms with van der Waals surface area (Å²) in [6.07, 6.45) is 0. The molecule has 8 heteroatoms. The van der Waals surface area contributed by atoms with Crippen molar-refractivity contribution in [1.29, 1.82) is 0 Å². The Labute approximate surface area is 168 Å². The van der Waals surface area contributed by atoms with Crippen molar-refractivity contribution in [2.45, 2.75) is 17.2 Å². The maximum absolute atomic E-state index is 12.4. The van der Waals surface area contributed by atoms with Crippen molar-refractivity contribution in [3.05, 3.63) is 76.7 Å². The number of carbonyl (C=O) groups is 1. The molecule has 4 rings (SSSR count). The summed E-state index contributed by atoms with van der Waals surface area (Å²) in [5, 5.41) is 3.31. The molecule has 2 heterocycles. The van der Waals surface area contributed by atoms with Crippen LogP contribution in [-0.4, -0.2) is 16.9 Å². The van der Waals surface area contributed by atoms with Crippen molar-refractivity contribution < 1.29 is 22.9 Å². The molecule has 2 aromatic carbocycles. The summed E-state index contributed by atoms with van der Waals surface area (Å²) < 4.78 is 28.6. The summed E-state index contributed by atoms with van der Waals surface area (Å²) in [5.41, 5.74) is 0.881. The predicted molar refractivity (Wildman–Crippen MR) is 104 cm³/mol. The van der Waals surface area contributed by atoms with Gasteiger partial charge in [-0.05, 0) is 48.0 Å². The zero-order valence-electron chi connectivity index (χ0n) is 14.6. The maximum atomic E-state index is 12.4. The fourth-order valence-electron chi connectivity index (χ4n) is 2.72. The van der Waals surface area contributed by atoms with Crippen molar-refractivity contribution in [3.8, 4) is 11.5 Å². The van der Waals surface area contributed by atoms with Crippen LogP contribution in [0.5, 0.6) is 11.5 Å². The molecule has 0 bridgehead atoms. The predicted octanol–water partition coefficient (Wildman–Crippen LogP) is 3.90. The topological polar surface area (TPSA) is 77.8 Å². The molecule has 0 aliphatic carbocycles. The second-order valence-electron chi connectivity index (χ2n) is 6.08. The second-order valence-corrected chi connectivity index (χ2v) is 7.97. The molecule has 0 spiro atoms.